The molecule has 0 aliphatic rings. The van der Waals surface area contributed by atoms with Crippen molar-refractivity contribution in [2.75, 3.05) is 6.61 Å². The zero-order valence-corrected chi connectivity index (χ0v) is 11.6. The van der Waals surface area contributed by atoms with Gasteiger partial charge in [-0.1, -0.05) is 19.9 Å². The lowest BCUT2D eigenvalue weighted by atomic mass is 10.1. The van der Waals surface area contributed by atoms with Gasteiger partial charge in [0.2, 0.25) is 0 Å². The lowest BCUT2D eigenvalue weighted by Gasteiger charge is -2.19. The summed E-state index contributed by atoms with van der Waals surface area (Å²) in [6.07, 6.45) is 0. The van der Waals surface area contributed by atoms with Crippen LogP contribution in [0.1, 0.15) is 23.5 Å². The van der Waals surface area contributed by atoms with Gasteiger partial charge in [0.05, 0.1) is 17.5 Å². The molecule has 1 aromatic carbocycles. The van der Waals surface area contributed by atoms with E-state index in [0.29, 0.717) is 4.88 Å². The van der Waals surface area contributed by atoms with Crippen LogP contribution in [0, 0.1) is 11.7 Å². The van der Waals surface area contributed by atoms with E-state index in [0.717, 1.165) is 10.1 Å². The first-order chi connectivity index (χ1) is 9.01. The van der Waals surface area contributed by atoms with Crippen LogP contribution in [0.25, 0.3) is 10.1 Å². The Balaban J connectivity index is 2.21. The normalized spacial score (nSPS) is 12.9. The molecule has 1 heterocycles. The van der Waals surface area contributed by atoms with Gasteiger partial charge in [-0.15, -0.1) is 11.3 Å². The highest BCUT2D eigenvalue weighted by molar-refractivity contribution is 7.20. The molecular weight excluding hydrogens is 265 g/mol. The van der Waals surface area contributed by atoms with Crippen LogP contribution < -0.4 is 5.32 Å². The van der Waals surface area contributed by atoms with Gasteiger partial charge in [0, 0.05) is 4.70 Å². The monoisotopic (exact) mass is 281 g/mol. The molecule has 0 radical (unpaired) electrons. The van der Waals surface area contributed by atoms with Crippen LogP contribution in [-0.2, 0) is 0 Å². The quantitative estimate of drug-likeness (QED) is 0.905. The molecule has 0 fully saturated rings. The molecule has 0 saturated heterocycles. The Morgan fingerprint density at radius 2 is 2.16 bits per heavy atom. The van der Waals surface area contributed by atoms with Crippen molar-refractivity contribution in [3.63, 3.8) is 0 Å². The molecule has 2 rings (SSSR count). The van der Waals surface area contributed by atoms with Gasteiger partial charge in [0.15, 0.2) is 0 Å². The highest BCUT2D eigenvalue weighted by Crippen LogP contribution is 2.26. The van der Waals surface area contributed by atoms with E-state index in [4.69, 9.17) is 0 Å². The van der Waals surface area contributed by atoms with Crippen molar-refractivity contribution in [1.82, 2.24) is 5.32 Å². The number of amides is 1. The average Bonchev–Trinajstić information content (AvgIpc) is 2.78. The van der Waals surface area contributed by atoms with Gasteiger partial charge in [0.25, 0.3) is 5.91 Å². The third kappa shape index (κ3) is 3.11. The van der Waals surface area contributed by atoms with Crippen LogP contribution in [0.3, 0.4) is 0 Å². The fourth-order valence-electron chi connectivity index (χ4n) is 1.78. The van der Waals surface area contributed by atoms with Crippen molar-refractivity contribution < 1.29 is 14.3 Å². The number of fused-ring (bicyclic) bond motifs is 1. The lowest BCUT2D eigenvalue weighted by molar-refractivity contribution is 0.0901. The summed E-state index contributed by atoms with van der Waals surface area (Å²) in [5.74, 6) is -0.383. The van der Waals surface area contributed by atoms with E-state index in [1.807, 2.05) is 13.8 Å². The van der Waals surface area contributed by atoms with Crippen molar-refractivity contribution in [2.24, 2.45) is 5.92 Å². The first-order valence-electron chi connectivity index (χ1n) is 6.12. The van der Waals surface area contributed by atoms with Gasteiger partial charge in [-0.25, -0.2) is 4.39 Å². The van der Waals surface area contributed by atoms with E-state index in [2.05, 4.69) is 5.32 Å². The second kappa shape index (κ2) is 5.67. The van der Waals surface area contributed by atoms with Crippen LogP contribution in [0.4, 0.5) is 4.39 Å². The zero-order valence-electron chi connectivity index (χ0n) is 10.8. The largest absolute Gasteiger partial charge is 0.394 e. The van der Waals surface area contributed by atoms with Gasteiger partial charge >= 0.3 is 0 Å². The van der Waals surface area contributed by atoms with Crippen LogP contribution >= 0.6 is 11.3 Å². The number of thiophene rings is 1. The van der Waals surface area contributed by atoms with Gasteiger partial charge in [0.1, 0.15) is 5.82 Å². The second-order valence-electron chi connectivity index (χ2n) is 4.80. The minimum atomic E-state index is -0.309. The topological polar surface area (TPSA) is 49.3 Å². The van der Waals surface area contributed by atoms with Crippen molar-refractivity contribution in [2.45, 2.75) is 19.9 Å². The molecule has 0 bridgehead atoms. The number of rotatable bonds is 4. The predicted octanol–water partition coefficient (Wildman–Crippen LogP) is 2.79. The van der Waals surface area contributed by atoms with Gasteiger partial charge in [-0.05, 0) is 29.5 Å². The van der Waals surface area contributed by atoms with Crippen LogP contribution in [0.2, 0.25) is 0 Å². The van der Waals surface area contributed by atoms with Crippen LogP contribution in [0.15, 0.2) is 24.3 Å². The molecule has 2 aromatic rings. The Morgan fingerprint density at radius 3 is 2.79 bits per heavy atom. The molecule has 2 N–H and O–H groups in total. The van der Waals surface area contributed by atoms with Gasteiger partial charge in [-0.3, -0.25) is 4.79 Å². The molecule has 1 atom stereocenters. The van der Waals surface area contributed by atoms with Crippen molar-refractivity contribution in [3.05, 3.63) is 35.0 Å². The van der Waals surface area contributed by atoms with Crippen molar-refractivity contribution in [3.8, 4) is 0 Å². The molecule has 0 aliphatic carbocycles. The summed E-state index contributed by atoms with van der Waals surface area (Å²) in [5.41, 5.74) is 0. The molecule has 1 amide bonds. The van der Waals surface area contributed by atoms with E-state index in [9.17, 15) is 14.3 Å². The van der Waals surface area contributed by atoms with Gasteiger partial charge < -0.3 is 10.4 Å². The maximum absolute atomic E-state index is 13.1. The Morgan fingerprint density at radius 1 is 1.42 bits per heavy atom. The Hall–Kier alpha value is -1.46. The Labute approximate surface area is 115 Å². The fraction of sp³-hybridized carbons (Fsp3) is 0.357. The molecule has 1 unspecified atom stereocenters. The van der Waals surface area contributed by atoms with E-state index >= 15 is 0 Å². The maximum Gasteiger partial charge on any atom is 0.261 e. The number of halogens is 1. The second-order valence-corrected chi connectivity index (χ2v) is 5.88. The molecular formula is C14H16FNO2S. The summed E-state index contributed by atoms with van der Waals surface area (Å²) >= 11 is 1.25. The van der Waals surface area contributed by atoms with Crippen molar-refractivity contribution >= 4 is 27.3 Å². The number of aliphatic hydroxyl groups excluding tert-OH is 1. The van der Waals surface area contributed by atoms with Crippen LogP contribution in [-0.4, -0.2) is 23.7 Å². The minimum Gasteiger partial charge on any atom is -0.394 e. The number of aliphatic hydroxyl groups is 1. The number of carbonyl (C=O) groups excluding carboxylic acids is 1. The number of hydrogen-bond acceptors (Lipinski definition) is 3. The standard InChI is InChI=1S/C14H16FNO2S/c1-8(2)11(7-17)16-14(18)13-5-9-3-4-10(15)6-12(9)19-13/h3-6,8,11,17H,7H2,1-2H3,(H,16,18). The molecule has 0 aliphatic heterocycles. The SMILES string of the molecule is CC(C)C(CO)NC(=O)c1cc2ccc(F)cc2s1. The van der Waals surface area contributed by atoms with E-state index in [-0.39, 0.29) is 30.3 Å². The molecule has 5 heteroatoms. The minimum absolute atomic E-state index is 0.0943. The Kier molecular flexibility index (Phi) is 4.17. The summed E-state index contributed by atoms with van der Waals surface area (Å²) in [6, 6.07) is 5.92. The molecule has 1 aromatic heterocycles. The molecule has 102 valence electrons. The smallest absolute Gasteiger partial charge is 0.261 e. The average molecular weight is 281 g/mol. The van der Waals surface area contributed by atoms with Crippen molar-refractivity contribution in [1.29, 1.82) is 0 Å². The number of hydrogen-bond donors (Lipinski definition) is 2. The third-order valence-electron chi connectivity index (χ3n) is 3.02. The van der Waals surface area contributed by atoms with Gasteiger partial charge in [-0.2, -0.15) is 0 Å². The number of benzene rings is 1. The molecule has 3 nitrogen and oxygen atoms in total. The highest BCUT2D eigenvalue weighted by Gasteiger charge is 2.17. The summed E-state index contributed by atoms with van der Waals surface area (Å²) < 4.78 is 13.8. The van der Waals surface area contributed by atoms with E-state index in [1.54, 1.807) is 12.1 Å². The van der Waals surface area contributed by atoms with Crippen LogP contribution in [0.5, 0.6) is 0 Å². The summed E-state index contributed by atoms with van der Waals surface area (Å²) in [6.45, 7) is 3.77. The lowest BCUT2D eigenvalue weighted by Crippen LogP contribution is -2.40. The molecule has 0 spiro atoms. The first-order valence-corrected chi connectivity index (χ1v) is 6.93. The first kappa shape index (κ1) is 14.0. The third-order valence-corrected chi connectivity index (χ3v) is 4.12. The zero-order chi connectivity index (χ0) is 14.0. The maximum atomic E-state index is 13.1. The summed E-state index contributed by atoms with van der Waals surface area (Å²) in [4.78, 5) is 12.6. The number of nitrogens with one attached hydrogen (secondary N) is 1. The van der Waals surface area contributed by atoms with E-state index < -0.39 is 0 Å². The highest BCUT2D eigenvalue weighted by atomic mass is 32.1. The summed E-state index contributed by atoms with van der Waals surface area (Å²) in [5, 5.41) is 12.8. The molecule has 0 saturated carbocycles. The molecule has 19 heavy (non-hydrogen) atoms. The Bertz CT molecular complexity index is 594. The number of carbonyl (C=O) groups is 1. The van der Waals surface area contributed by atoms with E-state index in [1.165, 1.54) is 23.5 Å². The predicted molar refractivity (Wildman–Crippen MR) is 75.0 cm³/mol. The summed E-state index contributed by atoms with van der Waals surface area (Å²) in [7, 11) is 0. The fourth-order valence-corrected chi connectivity index (χ4v) is 2.77.